The van der Waals surface area contributed by atoms with Gasteiger partial charge in [-0.05, 0) is 69.1 Å². The number of ether oxygens (including phenoxy) is 1. The molecule has 3 rings (SSSR count). The van der Waals surface area contributed by atoms with E-state index in [0.29, 0.717) is 12.0 Å². The fourth-order valence-electron chi connectivity index (χ4n) is 4.52. The number of carbonyl (C=O) groups excluding carboxylic acids is 1. The highest BCUT2D eigenvalue weighted by atomic mass is 127. The maximum Gasteiger partial charge on any atom is 0.227 e. The van der Waals surface area contributed by atoms with Crippen LogP contribution in [0.4, 0.5) is 5.69 Å². The smallest absolute Gasteiger partial charge is 0.227 e. The Morgan fingerprint density at radius 2 is 1.94 bits per heavy atom. The number of anilines is 1. The van der Waals surface area contributed by atoms with Crippen LogP contribution in [0.5, 0.6) is 0 Å². The van der Waals surface area contributed by atoms with E-state index in [1.54, 1.807) is 0 Å². The summed E-state index contributed by atoms with van der Waals surface area (Å²) in [5, 5.41) is 10.0. The highest BCUT2D eigenvalue weighted by Crippen LogP contribution is 2.40. The number of nitrogens with zero attached hydrogens (tertiary/aromatic N) is 1. The van der Waals surface area contributed by atoms with E-state index in [0.717, 1.165) is 62.8 Å². The quantitative estimate of drug-likeness (QED) is 0.154. The van der Waals surface area contributed by atoms with Crippen LogP contribution < -0.4 is 16.0 Å². The molecule has 0 aliphatic heterocycles. The van der Waals surface area contributed by atoms with Gasteiger partial charge in [0.05, 0.1) is 6.54 Å². The summed E-state index contributed by atoms with van der Waals surface area (Å²) in [6.45, 7) is 8.11. The summed E-state index contributed by atoms with van der Waals surface area (Å²) in [6.07, 6.45) is 9.43. The third-order valence-corrected chi connectivity index (χ3v) is 6.71. The van der Waals surface area contributed by atoms with Gasteiger partial charge in [0, 0.05) is 37.9 Å². The third-order valence-electron chi connectivity index (χ3n) is 6.71. The van der Waals surface area contributed by atoms with Gasteiger partial charge in [0.1, 0.15) is 0 Å². The SMILES string of the molecule is CCNC(=NCc1cccc(NC(=O)C2CCC2)c1)NCC1(CCOCC)CCCC1.I. The van der Waals surface area contributed by atoms with Crippen molar-refractivity contribution in [1.29, 1.82) is 0 Å². The Morgan fingerprint density at radius 3 is 2.59 bits per heavy atom. The number of benzene rings is 1. The number of guanidine groups is 1. The number of rotatable bonds is 11. The van der Waals surface area contributed by atoms with E-state index < -0.39 is 0 Å². The molecule has 1 aromatic carbocycles. The largest absolute Gasteiger partial charge is 0.382 e. The molecule has 2 aliphatic rings. The van der Waals surface area contributed by atoms with Gasteiger partial charge >= 0.3 is 0 Å². The average Bonchev–Trinajstić information content (AvgIpc) is 3.18. The summed E-state index contributed by atoms with van der Waals surface area (Å²) in [5.41, 5.74) is 2.27. The summed E-state index contributed by atoms with van der Waals surface area (Å²) >= 11 is 0. The van der Waals surface area contributed by atoms with Gasteiger partial charge in [0.25, 0.3) is 0 Å². The molecule has 0 saturated heterocycles. The molecule has 0 aromatic heterocycles. The maximum atomic E-state index is 12.2. The van der Waals surface area contributed by atoms with Crippen LogP contribution in [0.25, 0.3) is 0 Å². The highest BCUT2D eigenvalue weighted by molar-refractivity contribution is 14.0. The van der Waals surface area contributed by atoms with E-state index in [-0.39, 0.29) is 35.8 Å². The van der Waals surface area contributed by atoms with Gasteiger partial charge in [0.15, 0.2) is 5.96 Å². The number of hydrogen-bond acceptors (Lipinski definition) is 3. The van der Waals surface area contributed by atoms with Crippen molar-refractivity contribution in [2.45, 2.75) is 71.8 Å². The summed E-state index contributed by atoms with van der Waals surface area (Å²) in [5.74, 6) is 1.20. The lowest BCUT2D eigenvalue weighted by Crippen LogP contribution is -2.43. The molecular formula is C25H41IN4O2. The normalized spacial score (nSPS) is 17.9. The number of halogens is 1. The molecule has 1 amide bonds. The number of carbonyl (C=O) groups is 1. The second-order valence-corrected chi connectivity index (χ2v) is 9.02. The lowest BCUT2D eigenvalue weighted by molar-refractivity contribution is -0.122. The molecule has 0 atom stereocenters. The van der Waals surface area contributed by atoms with E-state index in [4.69, 9.17) is 9.73 Å². The average molecular weight is 557 g/mol. The van der Waals surface area contributed by atoms with Crippen LogP contribution in [0.15, 0.2) is 29.3 Å². The Bertz CT molecular complexity index is 730. The molecule has 2 fully saturated rings. The van der Waals surface area contributed by atoms with Crippen molar-refractivity contribution in [2.24, 2.45) is 16.3 Å². The minimum Gasteiger partial charge on any atom is -0.382 e. The van der Waals surface area contributed by atoms with Gasteiger partial charge in [-0.3, -0.25) is 4.79 Å². The molecule has 2 aliphatic carbocycles. The first-order valence-electron chi connectivity index (χ1n) is 12.1. The molecular weight excluding hydrogens is 515 g/mol. The number of aliphatic imine (C=N–C) groups is 1. The van der Waals surface area contributed by atoms with Crippen molar-refractivity contribution >= 4 is 41.5 Å². The van der Waals surface area contributed by atoms with E-state index in [1.165, 1.54) is 32.1 Å². The zero-order valence-electron chi connectivity index (χ0n) is 19.8. The molecule has 0 unspecified atom stereocenters. The third kappa shape index (κ3) is 8.21. The monoisotopic (exact) mass is 556 g/mol. The van der Waals surface area contributed by atoms with Crippen LogP contribution in [-0.2, 0) is 16.1 Å². The second-order valence-electron chi connectivity index (χ2n) is 9.02. The maximum absolute atomic E-state index is 12.2. The van der Waals surface area contributed by atoms with Gasteiger partial charge in [0.2, 0.25) is 5.91 Å². The van der Waals surface area contributed by atoms with E-state index in [1.807, 2.05) is 18.2 Å². The molecule has 0 bridgehead atoms. The molecule has 32 heavy (non-hydrogen) atoms. The molecule has 7 heteroatoms. The van der Waals surface area contributed by atoms with Gasteiger partial charge in [-0.1, -0.05) is 31.4 Å². The van der Waals surface area contributed by atoms with Crippen molar-refractivity contribution in [2.75, 3.05) is 31.6 Å². The van der Waals surface area contributed by atoms with Crippen LogP contribution in [0.3, 0.4) is 0 Å². The van der Waals surface area contributed by atoms with Crippen LogP contribution in [0.2, 0.25) is 0 Å². The topological polar surface area (TPSA) is 74.8 Å². The fourth-order valence-corrected chi connectivity index (χ4v) is 4.52. The Kier molecular flexibility index (Phi) is 11.8. The number of nitrogens with one attached hydrogen (secondary N) is 3. The molecule has 0 spiro atoms. The van der Waals surface area contributed by atoms with Crippen molar-refractivity contribution in [3.63, 3.8) is 0 Å². The van der Waals surface area contributed by atoms with Gasteiger partial charge < -0.3 is 20.7 Å². The van der Waals surface area contributed by atoms with Gasteiger partial charge in [-0.25, -0.2) is 4.99 Å². The Balaban J connectivity index is 0.00000363. The summed E-state index contributed by atoms with van der Waals surface area (Å²) in [6, 6.07) is 8.04. The first-order chi connectivity index (χ1) is 15.1. The summed E-state index contributed by atoms with van der Waals surface area (Å²) < 4.78 is 5.64. The minimum atomic E-state index is 0. The molecule has 2 saturated carbocycles. The first-order valence-corrected chi connectivity index (χ1v) is 12.1. The van der Waals surface area contributed by atoms with Crippen molar-refractivity contribution < 1.29 is 9.53 Å². The standard InChI is InChI=1S/C25H40N4O2.HI/c1-3-26-24(28-19-25(13-5-6-14-25)15-16-31-4-2)27-18-20-9-7-12-22(17-20)29-23(30)21-10-8-11-21;/h7,9,12,17,21H,3-6,8,10-11,13-16,18-19H2,1-2H3,(H,29,30)(H2,26,27,28);1H. The number of amides is 1. The molecule has 0 radical (unpaired) electrons. The Morgan fingerprint density at radius 1 is 1.16 bits per heavy atom. The molecule has 0 heterocycles. The Labute approximate surface area is 210 Å². The molecule has 6 nitrogen and oxygen atoms in total. The summed E-state index contributed by atoms with van der Waals surface area (Å²) in [4.78, 5) is 17.0. The summed E-state index contributed by atoms with van der Waals surface area (Å²) in [7, 11) is 0. The highest BCUT2D eigenvalue weighted by Gasteiger charge is 2.33. The fraction of sp³-hybridized carbons (Fsp3) is 0.680. The van der Waals surface area contributed by atoms with Gasteiger partial charge in [-0.15, -0.1) is 24.0 Å². The lowest BCUT2D eigenvalue weighted by Gasteiger charge is -2.30. The lowest BCUT2D eigenvalue weighted by atomic mass is 9.83. The van der Waals surface area contributed by atoms with Gasteiger partial charge in [-0.2, -0.15) is 0 Å². The predicted molar refractivity (Wildman–Crippen MR) is 143 cm³/mol. The molecule has 1 aromatic rings. The van der Waals surface area contributed by atoms with Crippen LogP contribution >= 0.6 is 24.0 Å². The zero-order valence-corrected chi connectivity index (χ0v) is 22.1. The molecule has 180 valence electrons. The van der Waals surface area contributed by atoms with Crippen LogP contribution in [0.1, 0.15) is 70.8 Å². The van der Waals surface area contributed by atoms with Crippen molar-refractivity contribution in [3.8, 4) is 0 Å². The van der Waals surface area contributed by atoms with E-state index in [2.05, 4.69) is 35.9 Å². The zero-order chi connectivity index (χ0) is 21.9. The van der Waals surface area contributed by atoms with E-state index in [9.17, 15) is 4.79 Å². The minimum absolute atomic E-state index is 0. The Hall–Kier alpha value is -1.35. The van der Waals surface area contributed by atoms with Crippen LogP contribution in [0, 0.1) is 11.3 Å². The second kappa shape index (κ2) is 14.0. The van der Waals surface area contributed by atoms with Crippen molar-refractivity contribution in [1.82, 2.24) is 10.6 Å². The number of hydrogen-bond donors (Lipinski definition) is 3. The van der Waals surface area contributed by atoms with Crippen LogP contribution in [-0.4, -0.2) is 38.2 Å². The predicted octanol–water partition coefficient (Wildman–Crippen LogP) is 5.09. The molecule has 3 N–H and O–H groups in total. The van der Waals surface area contributed by atoms with E-state index >= 15 is 0 Å². The first kappa shape index (κ1) is 26.9. The van der Waals surface area contributed by atoms with Crippen molar-refractivity contribution in [3.05, 3.63) is 29.8 Å².